The van der Waals surface area contributed by atoms with Crippen LogP contribution in [0.15, 0.2) is 29.3 Å². The Morgan fingerprint density at radius 1 is 0.964 bits per heavy atom. The van der Waals surface area contributed by atoms with Gasteiger partial charge in [0.1, 0.15) is 18.7 Å². The van der Waals surface area contributed by atoms with Gasteiger partial charge in [-0.15, -0.1) is 0 Å². The van der Waals surface area contributed by atoms with Crippen LogP contribution in [-0.2, 0) is 11.3 Å². The van der Waals surface area contributed by atoms with Crippen LogP contribution in [0.5, 0.6) is 0 Å². The number of piperazine rings is 1. The van der Waals surface area contributed by atoms with E-state index in [9.17, 15) is 9.59 Å². The molecule has 1 aliphatic heterocycles. The highest BCUT2D eigenvalue weighted by atomic mass is 16.2. The highest BCUT2D eigenvalue weighted by Crippen LogP contribution is 2.39. The summed E-state index contributed by atoms with van der Waals surface area (Å²) in [5.41, 5.74) is 1.84. The Labute approximate surface area is 163 Å². The third kappa shape index (κ3) is 3.63. The highest BCUT2D eigenvalue weighted by molar-refractivity contribution is 5.76. The predicted molar refractivity (Wildman–Crippen MR) is 103 cm³/mol. The van der Waals surface area contributed by atoms with Gasteiger partial charge >= 0.3 is 0 Å². The lowest BCUT2D eigenvalue weighted by Crippen LogP contribution is -2.50. The predicted octanol–water partition coefficient (Wildman–Crippen LogP) is 1.14. The third-order valence-corrected chi connectivity index (χ3v) is 5.79. The second-order valence-corrected chi connectivity index (χ2v) is 7.97. The minimum atomic E-state index is -0.218. The zero-order valence-corrected chi connectivity index (χ0v) is 15.8. The maximum absolute atomic E-state index is 12.7. The molecule has 0 N–H and O–H groups in total. The van der Waals surface area contributed by atoms with E-state index in [0.29, 0.717) is 24.9 Å². The van der Waals surface area contributed by atoms with Crippen molar-refractivity contribution in [2.24, 2.45) is 0 Å². The number of carbonyl (C=O) groups excluding carboxylic acids is 1. The lowest BCUT2D eigenvalue weighted by atomic mass is 10.2. The first kappa shape index (κ1) is 17.3. The number of aromatic nitrogens is 4. The molecule has 0 aromatic carbocycles. The Bertz CT molecular complexity index is 942. The van der Waals surface area contributed by atoms with Crippen LogP contribution < -0.4 is 10.5 Å². The number of nitrogens with zero attached hydrogens (tertiary/aromatic N) is 6. The molecule has 0 radical (unpaired) electrons. The first-order valence-electron chi connectivity index (χ1n) is 10.1. The fraction of sp³-hybridized carbons (Fsp3) is 0.550. The Hall–Kier alpha value is -2.77. The van der Waals surface area contributed by atoms with Gasteiger partial charge in [0.15, 0.2) is 0 Å². The molecule has 1 saturated heterocycles. The molecule has 8 heteroatoms. The van der Waals surface area contributed by atoms with Crippen molar-refractivity contribution in [2.45, 2.75) is 44.1 Å². The van der Waals surface area contributed by atoms with Crippen LogP contribution in [0.3, 0.4) is 0 Å². The first-order chi connectivity index (χ1) is 13.7. The quantitative estimate of drug-likeness (QED) is 0.773. The van der Waals surface area contributed by atoms with Crippen LogP contribution in [0.2, 0.25) is 0 Å². The molecule has 2 aromatic heterocycles. The Kier molecular flexibility index (Phi) is 4.33. The summed E-state index contributed by atoms with van der Waals surface area (Å²) in [6.07, 6.45) is 6.31. The second kappa shape index (κ2) is 7.00. The maximum atomic E-state index is 12.7. The molecule has 146 valence electrons. The normalized spacial score (nSPS) is 19.7. The van der Waals surface area contributed by atoms with Gasteiger partial charge in [-0.05, 0) is 31.7 Å². The summed E-state index contributed by atoms with van der Waals surface area (Å²) in [6.45, 7) is 2.73. The molecule has 2 aromatic rings. The fourth-order valence-corrected chi connectivity index (χ4v) is 3.72. The van der Waals surface area contributed by atoms with Crippen molar-refractivity contribution < 1.29 is 4.79 Å². The van der Waals surface area contributed by atoms with Gasteiger partial charge in [0.25, 0.3) is 5.56 Å². The van der Waals surface area contributed by atoms with Crippen LogP contribution >= 0.6 is 0 Å². The highest BCUT2D eigenvalue weighted by Gasteiger charge is 2.28. The Morgan fingerprint density at radius 2 is 1.68 bits per heavy atom. The van der Waals surface area contributed by atoms with E-state index in [1.165, 1.54) is 23.6 Å². The van der Waals surface area contributed by atoms with Gasteiger partial charge in [-0.3, -0.25) is 9.59 Å². The molecule has 28 heavy (non-hydrogen) atoms. The molecule has 0 unspecified atom stereocenters. The Morgan fingerprint density at radius 3 is 2.39 bits per heavy atom. The van der Waals surface area contributed by atoms with Crippen molar-refractivity contribution >= 4 is 11.7 Å². The molecule has 2 aliphatic carbocycles. The molecule has 0 atom stereocenters. The van der Waals surface area contributed by atoms with Crippen molar-refractivity contribution in [3.05, 3.63) is 46.3 Å². The zero-order valence-electron chi connectivity index (χ0n) is 15.8. The van der Waals surface area contributed by atoms with E-state index in [2.05, 4.69) is 26.0 Å². The lowest BCUT2D eigenvalue weighted by molar-refractivity contribution is -0.132. The molecule has 1 amide bonds. The summed E-state index contributed by atoms with van der Waals surface area (Å²) in [5, 5.41) is 4.39. The van der Waals surface area contributed by atoms with Gasteiger partial charge in [0, 0.05) is 55.8 Å². The van der Waals surface area contributed by atoms with Crippen molar-refractivity contribution in [1.29, 1.82) is 0 Å². The van der Waals surface area contributed by atoms with Crippen LogP contribution in [0, 0.1) is 0 Å². The second-order valence-electron chi connectivity index (χ2n) is 7.97. The number of rotatable bonds is 5. The third-order valence-electron chi connectivity index (χ3n) is 5.79. The first-order valence-corrected chi connectivity index (χ1v) is 10.1. The SMILES string of the molecule is O=C(Cn1nc(C2CC2)ccc1=O)N1CCN(c2cc(C3CC3)ncn2)CC1. The van der Waals surface area contributed by atoms with Crippen molar-refractivity contribution in [3.63, 3.8) is 0 Å². The number of hydrogen-bond acceptors (Lipinski definition) is 6. The molecular weight excluding hydrogens is 356 g/mol. The van der Waals surface area contributed by atoms with Crippen molar-refractivity contribution in [3.8, 4) is 0 Å². The van der Waals surface area contributed by atoms with E-state index in [1.807, 2.05) is 4.90 Å². The largest absolute Gasteiger partial charge is 0.353 e. The van der Waals surface area contributed by atoms with Crippen LogP contribution in [-0.4, -0.2) is 56.7 Å². The average molecular weight is 380 g/mol. The van der Waals surface area contributed by atoms with E-state index in [0.717, 1.165) is 43.1 Å². The smallest absolute Gasteiger partial charge is 0.267 e. The molecule has 5 rings (SSSR count). The molecular formula is C20H24N6O2. The monoisotopic (exact) mass is 380 g/mol. The average Bonchev–Trinajstić information content (AvgIpc) is 3.63. The topological polar surface area (TPSA) is 84.2 Å². The van der Waals surface area contributed by atoms with Crippen LogP contribution in [0.1, 0.15) is 48.9 Å². The number of carbonyl (C=O) groups is 1. The molecule has 3 heterocycles. The van der Waals surface area contributed by atoms with Crippen molar-refractivity contribution in [2.75, 3.05) is 31.1 Å². The Balaban J connectivity index is 1.21. The summed E-state index contributed by atoms with van der Waals surface area (Å²) < 4.78 is 1.31. The van der Waals surface area contributed by atoms with Gasteiger partial charge in [0.2, 0.25) is 5.91 Å². The molecule has 0 bridgehead atoms. The molecule has 0 spiro atoms. The van der Waals surface area contributed by atoms with Crippen LogP contribution in [0.25, 0.3) is 0 Å². The lowest BCUT2D eigenvalue weighted by Gasteiger charge is -2.35. The fourth-order valence-electron chi connectivity index (χ4n) is 3.72. The van der Waals surface area contributed by atoms with E-state index >= 15 is 0 Å². The van der Waals surface area contributed by atoms with Gasteiger partial charge < -0.3 is 9.80 Å². The number of hydrogen-bond donors (Lipinski definition) is 0. The van der Waals surface area contributed by atoms with Gasteiger partial charge in [-0.25, -0.2) is 14.6 Å². The zero-order chi connectivity index (χ0) is 19.1. The van der Waals surface area contributed by atoms with E-state index in [1.54, 1.807) is 12.4 Å². The van der Waals surface area contributed by atoms with E-state index < -0.39 is 0 Å². The minimum absolute atomic E-state index is 0.0126. The maximum Gasteiger partial charge on any atom is 0.267 e. The minimum Gasteiger partial charge on any atom is -0.353 e. The summed E-state index contributed by atoms with van der Waals surface area (Å²) in [5.74, 6) is 1.95. The number of amides is 1. The van der Waals surface area contributed by atoms with Gasteiger partial charge in [0.05, 0.1) is 5.69 Å². The summed E-state index contributed by atoms with van der Waals surface area (Å²) in [4.78, 5) is 37.6. The van der Waals surface area contributed by atoms with E-state index in [4.69, 9.17) is 0 Å². The van der Waals surface area contributed by atoms with Crippen molar-refractivity contribution in [1.82, 2.24) is 24.6 Å². The van der Waals surface area contributed by atoms with Crippen LogP contribution in [0.4, 0.5) is 5.82 Å². The standard InChI is InChI=1S/C20H24N6O2/c27-19-6-5-16(14-1-2-14)23-26(19)12-20(28)25-9-7-24(8-10-25)18-11-17(15-3-4-15)21-13-22-18/h5-6,11,13-15H,1-4,7-10,12H2. The summed E-state index contributed by atoms with van der Waals surface area (Å²) in [6, 6.07) is 5.40. The molecule has 3 fully saturated rings. The summed E-state index contributed by atoms with van der Waals surface area (Å²) >= 11 is 0. The molecule has 8 nitrogen and oxygen atoms in total. The molecule has 2 saturated carbocycles. The molecule has 3 aliphatic rings. The number of anilines is 1. The van der Waals surface area contributed by atoms with Gasteiger partial charge in [-0.2, -0.15) is 5.10 Å². The summed E-state index contributed by atoms with van der Waals surface area (Å²) in [7, 11) is 0. The van der Waals surface area contributed by atoms with E-state index in [-0.39, 0.29) is 18.0 Å². The van der Waals surface area contributed by atoms with Gasteiger partial charge in [-0.1, -0.05) is 0 Å².